The fourth-order valence-corrected chi connectivity index (χ4v) is 7.31. The van der Waals surface area contributed by atoms with Gasteiger partial charge in [-0.15, -0.1) is 23.2 Å². The molecule has 0 saturated carbocycles. The van der Waals surface area contributed by atoms with Crippen LogP contribution in [0, 0.1) is 20.8 Å². The first kappa shape index (κ1) is 29.6. The Kier molecular flexibility index (Phi) is 8.19. The highest BCUT2D eigenvalue weighted by molar-refractivity contribution is 6.35. The molecule has 222 valence electrons. The molecule has 1 aliphatic carbocycles. The topological polar surface area (TPSA) is 59.7 Å². The van der Waals surface area contributed by atoms with E-state index in [2.05, 4.69) is 99.0 Å². The average Bonchev–Trinajstić information content (AvgIpc) is 3.79. The SMILES string of the molecule is CCC1=C(C)/C2=C/c3[nH]c(c(CCCl)c3C)/C=c3\[nH]/c(c(C)c3CCCl)=C\c3[nH]c(c(CC)c3C)C(=C3C=CC=C3)C1=N2. The van der Waals surface area contributed by atoms with E-state index in [0.717, 1.165) is 70.6 Å². The van der Waals surface area contributed by atoms with Crippen molar-refractivity contribution in [2.24, 2.45) is 4.99 Å². The zero-order valence-electron chi connectivity index (χ0n) is 26.0. The number of aromatic nitrogens is 3. The Hall–Kier alpha value is -3.47. The molecule has 6 rings (SSSR count). The molecule has 0 atom stereocenters. The predicted molar refractivity (Wildman–Crippen MR) is 185 cm³/mol. The number of nitrogens with one attached hydrogen (secondary N) is 3. The molecule has 0 saturated heterocycles. The summed E-state index contributed by atoms with van der Waals surface area (Å²) in [6, 6.07) is 0. The lowest BCUT2D eigenvalue weighted by atomic mass is 9.90. The highest BCUT2D eigenvalue weighted by Crippen LogP contribution is 2.39. The summed E-state index contributed by atoms with van der Waals surface area (Å²) in [4.78, 5) is 16.8. The molecule has 3 aliphatic rings. The van der Waals surface area contributed by atoms with Gasteiger partial charge in [-0.05, 0) is 122 Å². The van der Waals surface area contributed by atoms with Crippen LogP contribution in [0.2, 0.25) is 0 Å². The molecule has 3 aromatic heterocycles. The molecule has 8 bridgehead atoms. The largest absolute Gasteiger partial charge is 0.355 e. The second-order valence-electron chi connectivity index (χ2n) is 11.6. The first-order chi connectivity index (χ1) is 20.8. The van der Waals surface area contributed by atoms with Crippen molar-refractivity contribution in [3.63, 3.8) is 0 Å². The Morgan fingerprint density at radius 3 is 2.00 bits per heavy atom. The second kappa shape index (κ2) is 11.9. The maximum absolute atomic E-state index is 6.34. The molecule has 0 fully saturated rings. The molecular weight excluding hydrogens is 571 g/mol. The standard InChI is InChI=1S/C37H40Cl2N4/c1-7-25-20(3)31-17-29-22(5)27(13-15-38)33(40-29)19-34-28(14-16-39)23(6)30(41-34)18-32-21(4)26(8-2)37(43-32)35(36(25)42-31)24-11-9-10-12-24/h9-12,17-19,40-42H,7-8,13-16H2,1-6H3/b29-17-,32-18-,33-19-. The molecule has 4 nitrogen and oxygen atoms in total. The molecule has 0 amide bonds. The van der Waals surface area contributed by atoms with Gasteiger partial charge in [0.15, 0.2) is 0 Å². The van der Waals surface area contributed by atoms with E-state index >= 15 is 0 Å². The van der Waals surface area contributed by atoms with Gasteiger partial charge in [-0.25, -0.2) is 4.99 Å². The van der Waals surface area contributed by atoms with Crippen molar-refractivity contribution in [2.45, 2.75) is 67.2 Å². The number of aromatic amines is 3. The summed E-state index contributed by atoms with van der Waals surface area (Å²) in [7, 11) is 0. The van der Waals surface area contributed by atoms with Gasteiger partial charge in [0.25, 0.3) is 0 Å². The molecule has 3 N–H and O–H groups in total. The third kappa shape index (κ3) is 4.99. The van der Waals surface area contributed by atoms with Crippen molar-refractivity contribution >= 4 is 52.7 Å². The summed E-state index contributed by atoms with van der Waals surface area (Å²) >= 11 is 12.7. The number of nitrogens with zero attached hydrogens (tertiary/aromatic N) is 1. The van der Waals surface area contributed by atoms with Gasteiger partial charge in [-0.2, -0.15) is 0 Å². The van der Waals surface area contributed by atoms with Gasteiger partial charge in [0.2, 0.25) is 0 Å². The first-order valence-electron chi connectivity index (χ1n) is 15.4. The Morgan fingerprint density at radius 2 is 1.33 bits per heavy atom. The second-order valence-corrected chi connectivity index (χ2v) is 12.4. The van der Waals surface area contributed by atoms with E-state index in [1.807, 2.05) is 0 Å². The van der Waals surface area contributed by atoms with E-state index < -0.39 is 0 Å². The number of H-pyrrole nitrogens is 3. The molecule has 0 spiro atoms. The van der Waals surface area contributed by atoms with Gasteiger partial charge in [-0.3, -0.25) is 0 Å². The van der Waals surface area contributed by atoms with E-state index in [0.29, 0.717) is 11.8 Å². The Balaban J connectivity index is 1.77. The van der Waals surface area contributed by atoms with E-state index in [4.69, 9.17) is 28.2 Å². The average molecular weight is 612 g/mol. The van der Waals surface area contributed by atoms with Crippen LogP contribution >= 0.6 is 23.2 Å². The number of hydrogen-bond acceptors (Lipinski definition) is 1. The van der Waals surface area contributed by atoms with Crippen LogP contribution in [0.1, 0.15) is 83.3 Å². The molecule has 0 unspecified atom stereocenters. The van der Waals surface area contributed by atoms with Crippen molar-refractivity contribution < 1.29 is 0 Å². The summed E-state index contributed by atoms with van der Waals surface area (Å²) in [5, 5.41) is 2.18. The maximum Gasteiger partial charge on any atom is 0.0771 e. The van der Waals surface area contributed by atoms with Gasteiger partial charge < -0.3 is 15.0 Å². The Bertz CT molecular complexity index is 1930. The van der Waals surface area contributed by atoms with Gasteiger partial charge >= 0.3 is 0 Å². The minimum atomic E-state index is 0.556. The zero-order chi connectivity index (χ0) is 30.4. The van der Waals surface area contributed by atoms with Crippen LogP contribution in [0.5, 0.6) is 0 Å². The van der Waals surface area contributed by atoms with Crippen molar-refractivity contribution in [3.05, 3.63) is 114 Å². The number of alkyl halides is 2. The van der Waals surface area contributed by atoms with E-state index in [9.17, 15) is 0 Å². The van der Waals surface area contributed by atoms with Crippen LogP contribution in [0.3, 0.4) is 0 Å². The number of halogens is 2. The highest BCUT2D eigenvalue weighted by Gasteiger charge is 2.29. The van der Waals surface area contributed by atoms with Crippen molar-refractivity contribution in [1.29, 1.82) is 0 Å². The Labute approximate surface area is 264 Å². The summed E-state index contributed by atoms with van der Waals surface area (Å²) in [5.41, 5.74) is 18.9. The number of allylic oxidation sites excluding steroid dienone is 8. The van der Waals surface area contributed by atoms with E-state index in [1.54, 1.807) is 0 Å². The van der Waals surface area contributed by atoms with Crippen LogP contribution in [-0.2, 0) is 19.3 Å². The molecule has 2 aliphatic heterocycles. The quantitative estimate of drug-likeness (QED) is 0.239. The molecule has 3 aromatic rings. The van der Waals surface area contributed by atoms with Crippen molar-refractivity contribution in [2.75, 3.05) is 11.8 Å². The van der Waals surface area contributed by atoms with Gasteiger partial charge in [0.1, 0.15) is 0 Å². The Morgan fingerprint density at radius 1 is 0.674 bits per heavy atom. The van der Waals surface area contributed by atoms with Crippen LogP contribution < -0.4 is 10.7 Å². The lowest BCUT2D eigenvalue weighted by Gasteiger charge is -2.14. The van der Waals surface area contributed by atoms with Crippen LogP contribution in [-0.4, -0.2) is 32.4 Å². The fourth-order valence-electron chi connectivity index (χ4n) is 6.93. The number of aliphatic imine (C=N–C) groups is 1. The van der Waals surface area contributed by atoms with Crippen LogP contribution in [0.15, 0.2) is 51.7 Å². The highest BCUT2D eigenvalue weighted by atomic mass is 35.5. The van der Waals surface area contributed by atoms with Crippen molar-refractivity contribution in [3.8, 4) is 0 Å². The first-order valence-corrected chi connectivity index (χ1v) is 16.4. The van der Waals surface area contributed by atoms with E-state index in [-0.39, 0.29) is 0 Å². The van der Waals surface area contributed by atoms with Gasteiger partial charge in [-0.1, -0.05) is 38.2 Å². The van der Waals surface area contributed by atoms with Gasteiger partial charge in [0, 0.05) is 45.1 Å². The lowest BCUT2D eigenvalue weighted by molar-refractivity contribution is 1.10. The molecule has 5 heterocycles. The molecule has 43 heavy (non-hydrogen) atoms. The maximum atomic E-state index is 6.34. The smallest absolute Gasteiger partial charge is 0.0771 e. The third-order valence-electron chi connectivity index (χ3n) is 9.37. The summed E-state index contributed by atoms with van der Waals surface area (Å²) in [6.45, 7) is 13.3. The van der Waals surface area contributed by atoms with Crippen LogP contribution in [0.25, 0.3) is 23.8 Å². The summed E-state index contributed by atoms with van der Waals surface area (Å²) < 4.78 is 0. The predicted octanol–water partition coefficient (Wildman–Crippen LogP) is 7.79. The number of hydrogen-bond donors (Lipinski definition) is 3. The fraction of sp³-hybridized carbons (Fsp3) is 0.324. The van der Waals surface area contributed by atoms with Crippen LogP contribution in [0.4, 0.5) is 0 Å². The van der Waals surface area contributed by atoms with Gasteiger partial charge in [0.05, 0.1) is 17.1 Å². The minimum Gasteiger partial charge on any atom is -0.355 e. The monoisotopic (exact) mass is 610 g/mol. The third-order valence-corrected chi connectivity index (χ3v) is 9.75. The number of rotatable bonds is 6. The zero-order valence-corrected chi connectivity index (χ0v) is 27.5. The molecular formula is C37H40Cl2N4. The summed E-state index contributed by atoms with van der Waals surface area (Å²) in [5.74, 6) is 1.11. The minimum absolute atomic E-state index is 0.556. The molecule has 0 aromatic carbocycles. The lowest BCUT2D eigenvalue weighted by Crippen LogP contribution is -2.13. The number of fused-ring (bicyclic) bond motifs is 7. The normalized spacial score (nSPS) is 18.6. The molecule has 6 heteroatoms. The molecule has 0 radical (unpaired) electrons. The summed E-state index contributed by atoms with van der Waals surface area (Å²) in [6.07, 6.45) is 18.8. The van der Waals surface area contributed by atoms with Crippen molar-refractivity contribution in [1.82, 2.24) is 15.0 Å². The van der Waals surface area contributed by atoms with E-state index in [1.165, 1.54) is 55.7 Å².